The lowest BCUT2D eigenvalue weighted by Gasteiger charge is -2.36. The Balaban J connectivity index is 1.81. The van der Waals surface area contributed by atoms with Gasteiger partial charge in [-0.25, -0.2) is 0 Å². The molecule has 0 saturated carbocycles. The highest BCUT2D eigenvalue weighted by atomic mass is 16.7. The fourth-order valence-electron chi connectivity index (χ4n) is 4.03. The minimum atomic E-state index is -0.362. The van der Waals surface area contributed by atoms with Crippen LogP contribution in [0.5, 0.6) is 5.75 Å². The average molecular weight is 352 g/mol. The van der Waals surface area contributed by atoms with Gasteiger partial charge < -0.3 is 14.6 Å². The summed E-state index contributed by atoms with van der Waals surface area (Å²) >= 11 is 0. The number of fused-ring (bicyclic) bond motifs is 4. The van der Waals surface area contributed by atoms with Gasteiger partial charge in [0.15, 0.2) is 11.6 Å². The van der Waals surface area contributed by atoms with Gasteiger partial charge in [-0.1, -0.05) is 18.2 Å². The summed E-state index contributed by atoms with van der Waals surface area (Å²) < 4.78 is 10.9. The molecule has 5 nitrogen and oxygen atoms in total. The van der Waals surface area contributed by atoms with Crippen LogP contribution in [0.3, 0.4) is 0 Å². The smallest absolute Gasteiger partial charge is 0.198 e. The van der Waals surface area contributed by atoms with Crippen molar-refractivity contribution in [2.24, 2.45) is 0 Å². The van der Waals surface area contributed by atoms with Crippen LogP contribution in [0.25, 0.3) is 0 Å². The van der Waals surface area contributed by atoms with Crippen LogP contribution in [-0.2, 0) is 22.3 Å². The molecule has 2 aliphatic rings. The zero-order valence-electron chi connectivity index (χ0n) is 14.8. The zero-order chi connectivity index (χ0) is 18.5. The second kappa shape index (κ2) is 6.04. The monoisotopic (exact) mass is 352 g/mol. The molecule has 0 spiro atoms. The number of phenolic OH excluding ortho intramolecular Hbond substituents is 1. The van der Waals surface area contributed by atoms with Gasteiger partial charge in [0.25, 0.3) is 0 Å². The van der Waals surface area contributed by atoms with E-state index in [0.717, 1.165) is 17.5 Å². The number of carbonyl (C=O) groups is 2. The van der Waals surface area contributed by atoms with Crippen molar-refractivity contribution >= 4 is 11.6 Å². The van der Waals surface area contributed by atoms with Crippen molar-refractivity contribution in [1.29, 1.82) is 0 Å². The number of ketones is 2. The standard InChI is InChI=1S/C21H20O5/c1-21(26-11-25-2)9-8-13-12(10-21)6-7-15-17(13)20(24)18-14(19(15)23)4-3-5-16(18)22/h3-7,22H,8-11H2,1-2H3. The molecule has 0 bridgehead atoms. The molecule has 0 amide bonds. The van der Waals surface area contributed by atoms with Crippen LogP contribution in [0, 0.1) is 0 Å². The van der Waals surface area contributed by atoms with E-state index in [-0.39, 0.29) is 40.8 Å². The van der Waals surface area contributed by atoms with Crippen LogP contribution in [-0.4, -0.2) is 36.2 Å². The third kappa shape index (κ3) is 2.47. The summed E-state index contributed by atoms with van der Waals surface area (Å²) in [6.45, 7) is 2.25. The van der Waals surface area contributed by atoms with Gasteiger partial charge in [-0.05, 0) is 43.0 Å². The van der Waals surface area contributed by atoms with Crippen molar-refractivity contribution in [1.82, 2.24) is 0 Å². The first kappa shape index (κ1) is 16.9. The number of benzene rings is 2. The largest absolute Gasteiger partial charge is 0.507 e. The van der Waals surface area contributed by atoms with Gasteiger partial charge in [0.05, 0.1) is 11.2 Å². The Labute approximate surface area is 151 Å². The van der Waals surface area contributed by atoms with E-state index in [4.69, 9.17) is 9.47 Å². The highest BCUT2D eigenvalue weighted by Crippen LogP contribution is 2.39. The van der Waals surface area contributed by atoms with Crippen molar-refractivity contribution in [3.63, 3.8) is 0 Å². The number of phenols is 1. The number of methoxy groups -OCH3 is 1. The Morgan fingerprint density at radius 1 is 1.08 bits per heavy atom. The Kier molecular flexibility index (Phi) is 3.93. The van der Waals surface area contributed by atoms with Gasteiger partial charge in [0.1, 0.15) is 12.5 Å². The number of hydrogen-bond acceptors (Lipinski definition) is 5. The molecule has 0 aliphatic heterocycles. The molecule has 0 fully saturated rings. The average Bonchev–Trinajstić information content (AvgIpc) is 2.63. The number of rotatable bonds is 3. The SMILES string of the molecule is COCOC1(C)CCc2c(ccc3c2C(=O)c2c(O)cccc2C3=O)C1. The van der Waals surface area contributed by atoms with E-state index in [2.05, 4.69) is 0 Å². The summed E-state index contributed by atoms with van der Waals surface area (Å²) in [6.07, 6.45) is 2.02. The maximum atomic E-state index is 13.1. The lowest BCUT2D eigenvalue weighted by molar-refractivity contribution is -0.127. The Bertz CT molecular complexity index is 930. The molecule has 0 aromatic heterocycles. The third-order valence-corrected chi connectivity index (χ3v) is 5.39. The molecule has 0 heterocycles. The summed E-state index contributed by atoms with van der Waals surface area (Å²) in [5, 5.41) is 10.1. The normalized spacial score (nSPS) is 21.2. The van der Waals surface area contributed by atoms with Crippen molar-refractivity contribution in [3.05, 3.63) is 63.7 Å². The molecular formula is C21H20O5. The van der Waals surface area contributed by atoms with Crippen molar-refractivity contribution in [3.8, 4) is 5.75 Å². The van der Waals surface area contributed by atoms with Crippen molar-refractivity contribution < 1.29 is 24.2 Å². The molecule has 1 N–H and O–H groups in total. The first-order chi connectivity index (χ1) is 12.4. The predicted octanol–water partition coefficient (Wildman–Crippen LogP) is 3.04. The summed E-state index contributed by atoms with van der Waals surface area (Å²) in [7, 11) is 1.59. The van der Waals surface area contributed by atoms with Gasteiger partial charge in [-0.2, -0.15) is 0 Å². The Morgan fingerprint density at radius 2 is 1.85 bits per heavy atom. The summed E-state index contributed by atoms with van der Waals surface area (Å²) in [4.78, 5) is 26.0. The van der Waals surface area contributed by atoms with Crippen LogP contribution >= 0.6 is 0 Å². The van der Waals surface area contributed by atoms with Gasteiger partial charge >= 0.3 is 0 Å². The number of ether oxygens (including phenoxy) is 2. The minimum Gasteiger partial charge on any atom is -0.507 e. The molecule has 1 atom stereocenters. The second-order valence-electron chi connectivity index (χ2n) is 7.16. The van der Waals surface area contributed by atoms with Crippen LogP contribution in [0.4, 0.5) is 0 Å². The van der Waals surface area contributed by atoms with E-state index in [0.29, 0.717) is 24.0 Å². The molecule has 134 valence electrons. The molecule has 4 rings (SSSR count). The van der Waals surface area contributed by atoms with Gasteiger partial charge in [-0.15, -0.1) is 0 Å². The lowest BCUT2D eigenvalue weighted by atomic mass is 9.74. The number of hydrogen-bond donors (Lipinski definition) is 1. The molecule has 0 radical (unpaired) electrons. The zero-order valence-corrected chi connectivity index (χ0v) is 14.8. The van der Waals surface area contributed by atoms with Gasteiger partial charge in [0, 0.05) is 30.2 Å². The third-order valence-electron chi connectivity index (χ3n) is 5.39. The van der Waals surface area contributed by atoms with E-state index < -0.39 is 0 Å². The second-order valence-corrected chi connectivity index (χ2v) is 7.16. The maximum Gasteiger partial charge on any atom is 0.198 e. The summed E-state index contributed by atoms with van der Waals surface area (Å²) in [5.41, 5.74) is 2.79. The number of carbonyl (C=O) groups excluding carboxylic acids is 2. The van der Waals surface area contributed by atoms with Crippen LogP contribution < -0.4 is 0 Å². The molecule has 2 aliphatic carbocycles. The van der Waals surface area contributed by atoms with Crippen molar-refractivity contribution in [2.75, 3.05) is 13.9 Å². The van der Waals surface area contributed by atoms with E-state index in [1.54, 1.807) is 25.3 Å². The topological polar surface area (TPSA) is 72.8 Å². The molecule has 2 aromatic rings. The van der Waals surface area contributed by atoms with Crippen LogP contribution in [0.15, 0.2) is 30.3 Å². The quantitative estimate of drug-likeness (QED) is 0.734. The van der Waals surface area contributed by atoms with Crippen LogP contribution in [0.1, 0.15) is 56.3 Å². The fraction of sp³-hybridized carbons (Fsp3) is 0.333. The molecule has 26 heavy (non-hydrogen) atoms. The lowest BCUT2D eigenvalue weighted by Crippen LogP contribution is -2.37. The molecule has 2 aromatic carbocycles. The van der Waals surface area contributed by atoms with E-state index >= 15 is 0 Å². The van der Waals surface area contributed by atoms with E-state index in [1.165, 1.54) is 6.07 Å². The molecular weight excluding hydrogens is 332 g/mol. The van der Waals surface area contributed by atoms with Gasteiger partial charge in [-0.3, -0.25) is 9.59 Å². The van der Waals surface area contributed by atoms with E-state index in [1.807, 2.05) is 13.0 Å². The van der Waals surface area contributed by atoms with Crippen molar-refractivity contribution in [2.45, 2.75) is 31.8 Å². The highest BCUT2D eigenvalue weighted by molar-refractivity contribution is 6.29. The van der Waals surface area contributed by atoms with Gasteiger partial charge in [0.2, 0.25) is 0 Å². The first-order valence-corrected chi connectivity index (χ1v) is 8.64. The Morgan fingerprint density at radius 3 is 2.62 bits per heavy atom. The minimum absolute atomic E-state index is 0.113. The van der Waals surface area contributed by atoms with Crippen LogP contribution in [0.2, 0.25) is 0 Å². The number of aromatic hydroxyl groups is 1. The molecule has 1 unspecified atom stereocenters. The predicted molar refractivity (Wildman–Crippen MR) is 94.8 cm³/mol. The van der Waals surface area contributed by atoms with E-state index in [9.17, 15) is 14.7 Å². The first-order valence-electron chi connectivity index (χ1n) is 8.64. The maximum absolute atomic E-state index is 13.1. The highest BCUT2D eigenvalue weighted by Gasteiger charge is 2.38. The fourth-order valence-corrected chi connectivity index (χ4v) is 4.03. The Hall–Kier alpha value is -2.50. The summed E-state index contributed by atoms with van der Waals surface area (Å²) in [6, 6.07) is 8.26. The molecule has 5 heteroatoms. The summed E-state index contributed by atoms with van der Waals surface area (Å²) in [5.74, 6) is -0.628. The molecule has 0 saturated heterocycles.